The van der Waals surface area contributed by atoms with Crippen LogP contribution in [0.4, 0.5) is 9.18 Å². The molecular formula is C26H33FN4O8S. The van der Waals surface area contributed by atoms with Crippen molar-refractivity contribution in [2.45, 2.75) is 36.6 Å². The summed E-state index contributed by atoms with van der Waals surface area (Å²) in [5, 5.41) is 20.6. The van der Waals surface area contributed by atoms with E-state index in [4.69, 9.17) is 9.84 Å². The molecule has 1 atom stereocenters. The first-order valence-electron chi connectivity index (χ1n) is 12.6. The Morgan fingerprint density at radius 3 is 2.27 bits per heavy atom. The van der Waals surface area contributed by atoms with E-state index in [0.717, 1.165) is 4.31 Å². The van der Waals surface area contributed by atoms with Crippen molar-refractivity contribution >= 4 is 27.9 Å². The van der Waals surface area contributed by atoms with Gasteiger partial charge in [0.2, 0.25) is 15.9 Å². The van der Waals surface area contributed by atoms with Gasteiger partial charge in [-0.25, -0.2) is 23.1 Å². The number of benzene rings is 2. The number of sulfonamides is 1. The number of hydroxylamine groups is 1. The van der Waals surface area contributed by atoms with Crippen LogP contribution in [0.2, 0.25) is 0 Å². The molecule has 1 aliphatic rings. The summed E-state index contributed by atoms with van der Waals surface area (Å²) in [6.07, 6.45) is -0.386. The maximum atomic E-state index is 13.8. The van der Waals surface area contributed by atoms with Gasteiger partial charge < -0.3 is 20.1 Å². The minimum atomic E-state index is -4.36. The fourth-order valence-corrected chi connectivity index (χ4v) is 6.14. The monoisotopic (exact) mass is 580 g/mol. The normalized spacial score (nSPS) is 14.9. The van der Waals surface area contributed by atoms with Gasteiger partial charge in [-0.05, 0) is 67.1 Å². The number of nitrogens with zero attached hydrogens (tertiary/aromatic N) is 2. The molecule has 1 aliphatic heterocycles. The summed E-state index contributed by atoms with van der Waals surface area (Å²) in [7, 11) is -2.93. The second-order valence-electron chi connectivity index (χ2n) is 9.37. The molecule has 4 N–H and O–H groups in total. The number of carbonyl (C=O) groups excluding carboxylic acids is 2. The summed E-state index contributed by atoms with van der Waals surface area (Å²) < 4.78 is 47.0. The van der Waals surface area contributed by atoms with Gasteiger partial charge in [-0.2, -0.15) is 4.31 Å². The number of carbonyl (C=O) groups is 3. The molecule has 1 saturated heterocycles. The Kier molecular flexibility index (Phi) is 10.8. The predicted molar refractivity (Wildman–Crippen MR) is 141 cm³/mol. The van der Waals surface area contributed by atoms with Crippen molar-refractivity contribution < 1.29 is 42.2 Å². The summed E-state index contributed by atoms with van der Waals surface area (Å²) in [5.74, 6) is -1.35. The molecule has 1 unspecified atom stereocenters. The molecule has 0 radical (unpaired) electrons. The van der Waals surface area contributed by atoms with Crippen LogP contribution >= 0.6 is 0 Å². The molecule has 0 aliphatic carbocycles. The second-order valence-corrected chi connectivity index (χ2v) is 11.3. The Morgan fingerprint density at radius 2 is 1.73 bits per heavy atom. The van der Waals surface area contributed by atoms with Crippen molar-refractivity contribution in [3.8, 4) is 5.75 Å². The lowest BCUT2D eigenvalue weighted by Crippen LogP contribution is -2.51. The first-order valence-corrected chi connectivity index (χ1v) is 14.1. The fraction of sp³-hybridized carbons (Fsp3) is 0.423. The number of halogens is 1. The van der Waals surface area contributed by atoms with Crippen molar-refractivity contribution in [2.24, 2.45) is 5.92 Å². The lowest BCUT2D eigenvalue weighted by Gasteiger charge is -2.33. The molecule has 2 aromatic rings. The standard InChI is InChI=1S/C26H33FN4O8S/c1-39-21-6-8-22(9-7-21)40(37,38)31(23(25(33)29-36)16-18-2-4-20(27)5-3-18)15-12-24(32)30-13-10-19(11-14-30)17-28-26(34)35/h2-9,19,23,28,36H,10-17H2,1H3,(H,29,33)(H,34,35). The molecule has 0 bridgehead atoms. The van der Waals surface area contributed by atoms with Gasteiger partial charge in [0, 0.05) is 32.6 Å². The zero-order valence-corrected chi connectivity index (χ0v) is 22.8. The number of hydrogen-bond acceptors (Lipinski definition) is 7. The van der Waals surface area contributed by atoms with E-state index in [0.29, 0.717) is 37.2 Å². The average Bonchev–Trinajstić information content (AvgIpc) is 2.96. The summed E-state index contributed by atoms with van der Waals surface area (Å²) in [6.45, 7) is 0.678. The number of nitrogens with one attached hydrogen (secondary N) is 2. The number of carboxylic acid groups (broad SMARTS) is 1. The highest BCUT2D eigenvalue weighted by molar-refractivity contribution is 7.89. The van der Waals surface area contributed by atoms with E-state index < -0.39 is 33.9 Å². The van der Waals surface area contributed by atoms with E-state index >= 15 is 0 Å². The molecule has 0 spiro atoms. The largest absolute Gasteiger partial charge is 0.497 e. The molecular weight excluding hydrogens is 547 g/mol. The number of amides is 3. The minimum absolute atomic E-state index is 0.0837. The summed E-state index contributed by atoms with van der Waals surface area (Å²) in [4.78, 5) is 38.0. The van der Waals surface area contributed by atoms with Gasteiger partial charge in [-0.15, -0.1) is 0 Å². The van der Waals surface area contributed by atoms with E-state index in [9.17, 15) is 32.4 Å². The lowest BCUT2D eigenvalue weighted by atomic mass is 9.96. The fourth-order valence-electron chi connectivity index (χ4n) is 4.55. The number of ether oxygens (including phenoxy) is 1. The van der Waals surface area contributed by atoms with Gasteiger partial charge in [0.25, 0.3) is 5.91 Å². The Labute approximate surface area is 231 Å². The Morgan fingerprint density at radius 1 is 1.10 bits per heavy atom. The first-order chi connectivity index (χ1) is 19.0. The summed E-state index contributed by atoms with van der Waals surface area (Å²) in [5.41, 5.74) is 1.95. The molecule has 218 valence electrons. The Bertz CT molecular complexity index is 1270. The number of piperidine rings is 1. The second kappa shape index (κ2) is 14.1. The van der Waals surface area contributed by atoms with Crippen LogP contribution in [0.15, 0.2) is 53.4 Å². The van der Waals surface area contributed by atoms with Crippen molar-refractivity contribution in [3.63, 3.8) is 0 Å². The van der Waals surface area contributed by atoms with E-state index in [1.54, 1.807) is 4.90 Å². The average molecular weight is 581 g/mol. The molecule has 3 amide bonds. The van der Waals surface area contributed by atoms with Crippen LogP contribution in [0.5, 0.6) is 5.75 Å². The molecule has 40 heavy (non-hydrogen) atoms. The Hall–Kier alpha value is -3.75. The van der Waals surface area contributed by atoms with Crippen molar-refractivity contribution in [1.29, 1.82) is 0 Å². The van der Waals surface area contributed by atoms with Gasteiger partial charge in [-0.3, -0.25) is 14.8 Å². The van der Waals surface area contributed by atoms with E-state index in [1.807, 2.05) is 0 Å². The van der Waals surface area contributed by atoms with Crippen LogP contribution < -0.4 is 15.5 Å². The van der Waals surface area contributed by atoms with E-state index in [2.05, 4.69) is 5.32 Å². The molecule has 2 aromatic carbocycles. The molecule has 1 heterocycles. The van der Waals surface area contributed by atoms with Crippen molar-refractivity contribution in [2.75, 3.05) is 33.3 Å². The van der Waals surface area contributed by atoms with Crippen molar-refractivity contribution in [3.05, 3.63) is 59.9 Å². The van der Waals surface area contributed by atoms with Gasteiger partial charge in [0.05, 0.1) is 12.0 Å². The zero-order valence-electron chi connectivity index (χ0n) is 22.0. The predicted octanol–water partition coefficient (Wildman–Crippen LogP) is 1.84. The van der Waals surface area contributed by atoms with Gasteiger partial charge in [0.1, 0.15) is 17.6 Å². The number of rotatable bonds is 12. The van der Waals surface area contributed by atoms with E-state index in [-0.39, 0.29) is 42.7 Å². The Balaban J connectivity index is 1.83. The zero-order chi connectivity index (χ0) is 29.3. The van der Waals surface area contributed by atoms with E-state index in [1.165, 1.54) is 61.1 Å². The van der Waals surface area contributed by atoms with Crippen LogP contribution in [0, 0.1) is 11.7 Å². The maximum absolute atomic E-state index is 13.8. The summed E-state index contributed by atoms with van der Waals surface area (Å²) in [6, 6.07) is 9.20. The quantitative estimate of drug-likeness (QED) is 0.218. The molecule has 3 rings (SSSR count). The van der Waals surface area contributed by atoms with Gasteiger partial charge >= 0.3 is 6.09 Å². The third-order valence-electron chi connectivity index (χ3n) is 6.82. The molecule has 12 nitrogen and oxygen atoms in total. The number of hydrogen-bond donors (Lipinski definition) is 4. The third-order valence-corrected chi connectivity index (χ3v) is 8.75. The van der Waals surface area contributed by atoms with Gasteiger partial charge in [-0.1, -0.05) is 12.1 Å². The third kappa shape index (κ3) is 8.13. The highest BCUT2D eigenvalue weighted by atomic mass is 32.2. The molecule has 0 aromatic heterocycles. The smallest absolute Gasteiger partial charge is 0.404 e. The number of methoxy groups -OCH3 is 1. The first kappa shape index (κ1) is 30.8. The highest BCUT2D eigenvalue weighted by Crippen LogP contribution is 2.24. The van der Waals surface area contributed by atoms with Gasteiger partial charge in [0.15, 0.2) is 0 Å². The molecule has 1 fully saturated rings. The van der Waals surface area contributed by atoms with Crippen LogP contribution in [-0.2, 0) is 26.0 Å². The lowest BCUT2D eigenvalue weighted by molar-refractivity contribution is -0.135. The molecule has 14 heteroatoms. The topological polar surface area (TPSA) is 166 Å². The van der Waals surface area contributed by atoms with Crippen LogP contribution in [0.1, 0.15) is 24.8 Å². The van der Waals surface area contributed by atoms with Crippen LogP contribution in [0.25, 0.3) is 0 Å². The SMILES string of the molecule is COc1ccc(S(=O)(=O)N(CCC(=O)N2CCC(CNC(=O)O)CC2)C(Cc2ccc(F)cc2)C(=O)NO)cc1. The number of likely N-dealkylation sites (tertiary alicyclic amines) is 1. The van der Waals surface area contributed by atoms with Crippen LogP contribution in [0.3, 0.4) is 0 Å². The van der Waals surface area contributed by atoms with Crippen molar-refractivity contribution in [1.82, 2.24) is 20.0 Å². The van der Waals surface area contributed by atoms with Crippen LogP contribution in [-0.4, -0.2) is 85.2 Å². The highest BCUT2D eigenvalue weighted by Gasteiger charge is 2.37. The minimum Gasteiger partial charge on any atom is -0.497 e. The maximum Gasteiger partial charge on any atom is 0.404 e. The summed E-state index contributed by atoms with van der Waals surface area (Å²) >= 11 is 0. The molecule has 0 saturated carbocycles.